The molecule has 2 aromatic rings. The van der Waals surface area contributed by atoms with E-state index >= 15 is 0 Å². The predicted molar refractivity (Wildman–Crippen MR) is 144 cm³/mol. The highest BCUT2D eigenvalue weighted by Gasteiger charge is 2.37. The van der Waals surface area contributed by atoms with Crippen LogP contribution in [0.25, 0.3) is 0 Å². The number of benzene rings is 1. The first-order valence-electron chi connectivity index (χ1n) is 12.0. The number of aliphatic imine (C=N–C) groups is 1. The zero-order chi connectivity index (χ0) is 27.2. The third-order valence-corrected chi connectivity index (χ3v) is 8.35. The highest BCUT2D eigenvalue weighted by molar-refractivity contribution is 7.99. The number of nitrogens with one attached hydrogen (secondary N) is 1. The number of halogens is 3. The number of aromatic nitrogens is 1. The number of carbonyl (C=O) groups is 2. The standard InChI is InChI=1S/C25H27ClF2N4O4S2/c1-2-36-25(35)21-19(11-32-10-15(28)3-5-16(32)12-37-13-20(33)34)30-23(24-29-7-8-38-24)31-22(21)17-6-4-14(27)9-18(17)26/h4,6-9,15-16,22H,2-3,5,10-13H2,1H3,(H,30,31)(H,33,34)/t15?,16?,22-/m0/s1. The number of carboxylic acids is 1. The number of aliphatic carboxylic acids is 1. The van der Waals surface area contributed by atoms with Gasteiger partial charge in [-0.1, -0.05) is 17.7 Å². The lowest BCUT2D eigenvalue weighted by Gasteiger charge is -2.39. The molecule has 1 aromatic carbocycles. The third kappa shape index (κ3) is 6.90. The molecule has 4 rings (SSSR count). The topological polar surface area (TPSA) is 104 Å². The number of alkyl halides is 1. The Morgan fingerprint density at radius 2 is 2.18 bits per heavy atom. The van der Waals surface area contributed by atoms with Crippen LogP contribution in [-0.2, 0) is 14.3 Å². The summed E-state index contributed by atoms with van der Waals surface area (Å²) in [5.41, 5.74) is 1.06. The molecular formula is C25H27ClF2N4O4S2. The molecule has 3 heterocycles. The normalized spacial score (nSPS) is 22.1. The highest BCUT2D eigenvalue weighted by Crippen LogP contribution is 2.37. The van der Waals surface area contributed by atoms with Crippen LogP contribution in [0.15, 0.2) is 46.0 Å². The molecule has 1 fully saturated rings. The molecule has 13 heteroatoms. The van der Waals surface area contributed by atoms with E-state index in [0.717, 1.165) is 6.07 Å². The van der Waals surface area contributed by atoms with E-state index in [1.54, 1.807) is 18.5 Å². The number of carbonyl (C=O) groups excluding carboxylic acids is 1. The van der Waals surface area contributed by atoms with Gasteiger partial charge in [-0.15, -0.1) is 23.1 Å². The number of carboxylic acid groups (broad SMARTS) is 1. The van der Waals surface area contributed by atoms with Crippen molar-refractivity contribution in [1.29, 1.82) is 0 Å². The second kappa shape index (κ2) is 13.0. The molecule has 38 heavy (non-hydrogen) atoms. The third-order valence-electron chi connectivity index (χ3n) is 6.17. The Bertz CT molecular complexity index is 1230. The van der Waals surface area contributed by atoms with Crippen molar-refractivity contribution in [1.82, 2.24) is 15.2 Å². The van der Waals surface area contributed by atoms with E-state index in [-0.39, 0.29) is 42.1 Å². The fourth-order valence-corrected chi connectivity index (χ4v) is 6.29. The Balaban J connectivity index is 1.76. The number of piperidine rings is 1. The first kappa shape index (κ1) is 28.5. The minimum Gasteiger partial charge on any atom is -0.481 e. The van der Waals surface area contributed by atoms with Crippen molar-refractivity contribution >= 4 is 52.5 Å². The maximum atomic E-state index is 14.6. The summed E-state index contributed by atoms with van der Waals surface area (Å²) >= 11 is 9.04. The van der Waals surface area contributed by atoms with Gasteiger partial charge in [0.05, 0.1) is 17.9 Å². The summed E-state index contributed by atoms with van der Waals surface area (Å²) in [7, 11) is 0. The van der Waals surface area contributed by atoms with Crippen molar-refractivity contribution in [2.45, 2.75) is 38.0 Å². The quantitative estimate of drug-likeness (QED) is 0.395. The summed E-state index contributed by atoms with van der Waals surface area (Å²) in [5.74, 6) is -1.20. The molecule has 2 aliphatic heterocycles. The summed E-state index contributed by atoms with van der Waals surface area (Å²) in [4.78, 5) is 35.3. The van der Waals surface area contributed by atoms with E-state index in [4.69, 9.17) is 26.4 Å². The number of amidine groups is 1. The van der Waals surface area contributed by atoms with Gasteiger partial charge in [-0.2, -0.15) is 0 Å². The average molecular weight is 585 g/mol. The van der Waals surface area contributed by atoms with Gasteiger partial charge in [-0.3, -0.25) is 14.7 Å². The largest absolute Gasteiger partial charge is 0.481 e. The molecule has 0 spiro atoms. The first-order chi connectivity index (χ1) is 18.3. The number of ether oxygens (including phenoxy) is 1. The lowest BCUT2D eigenvalue weighted by Crippen LogP contribution is -2.49. The summed E-state index contributed by atoms with van der Waals surface area (Å²) in [6.45, 7) is 2.09. The molecule has 2 N–H and O–H groups in total. The zero-order valence-electron chi connectivity index (χ0n) is 20.5. The van der Waals surface area contributed by atoms with Crippen LogP contribution < -0.4 is 5.32 Å². The Kier molecular flexibility index (Phi) is 9.74. The van der Waals surface area contributed by atoms with Crippen molar-refractivity contribution in [3.8, 4) is 0 Å². The van der Waals surface area contributed by atoms with Gasteiger partial charge in [0.1, 0.15) is 18.0 Å². The lowest BCUT2D eigenvalue weighted by molar-refractivity contribution is -0.139. The van der Waals surface area contributed by atoms with Crippen LogP contribution in [0.4, 0.5) is 8.78 Å². The van der Waals surface area contributed by atoms with E-state index in [1.165, 1.54) is 35.2 Å². The molecule has 2 unspecified atom stereocenters. The average Bonchev–Trinajstić information content (AvgIpc) is 3.40. The van der Waals surface area contributed by atoms with Crippen molar-refractivity contribution in [2.75, 3.05) is 31.2 Å². The number of hydrogen-bond donors (Lipinski definition) is 2. The molecule has 0 saturated carbocycles. The molecule has 0 aliphatic carbocycles. The molecule has 8 nitrogen and oxygen atoms in total. The van der Waals surface area contributed by atoms with Crippen LogP contribution >= 0.6 is 34.7 Å². The number of nitrogens with zero attached hydrogens (tertiary/aromatic N) is 3. The smallest absolute Gasteiger partial charge is 0.338 e. The first-order valence-corrected chi connectivity index (χ1v) is 14.5. The summed E-state index contributed by atoms with van der Waals surface area (Å²) in [5, 5.41) is 14.7. The van der Waals surface area contributed by atoms with Crippen LogP contribution in [-0.4, -0.2) is 76.2 Å². The molecule has 3 atom stereocenters. The summed E-state index contributed by atoms with van der Waals surface area (Å²) in [6, 6.07) is 2.88. The zero-order valence-corrected chi connectivity index (χ0v) is 22.9. The van der Waals surface area contributed by atoms with Gasteiger partial charge in [-0.05, 0) is 31.9 Å². The van der Waals surface area contributed by atoms with E-state index in [1.807, 2.05) is 4.90 Å². The fourth-order valence-electron chi connectivity index (χ4n) is 4.49. The van der Waals surface area contributed by atoms with Crippen molar-refractivity contribution < 1.29 is 28.2 Å². The van der Waals surface area contributed by atoms with Crippen LogP contribution in [0.2, 0.25) is 5.02 Å². The fraction of sp³-hybridized carbons (Fsp3) is 0.440. The van der Waals surface area contributed by atoms with Gasteiger partial charge >= 0.3 is 11.9 Å². The van der Waals surface area contributed by atoms with Crippen LogP contribution in [0.5, 0.6) is 0 Å². The maximum Gasteiger partial charge on any atom is 0.338 e. The van der Waals surface area contributed by atoms with E-state index in [9.17, 15) is 18.4 Å². The minimum absolute atomic E-state index is 0.0512. The maximum absolute atomic E-state index is 14.6. The van der Waals surface area contributed by atoms with E-state index in [2.05, 4.69) is 10.3 Å². The van der Waals surface area contributed by atoms with Crippen LogP contribution in [0.3, 0.4) is 0 Å². The Morgan fingerprint density at radius 3 is 2.87 bits per heavy atom. The monoisotopic (exact) mass is 584 g/mol. The summed E-state index contributed by atoms with van der Waals surface area (Å²) < 4.78 is 33.8. The van der Waals surface area contributed by atoms with Crippen LogP contribution in [0, 0.1) is 5.82 Å². The SMILES string of the molecule is CCOC(=O)C1=C(CN2CC(F)CCC2CSCC(=O)O)NC(c2nccs2)=N[C@H]1c1ccc(F)cc1Cl. The van der Waals surface area contributed by atoms with Gasteiger partial charge in [-0.25, -0.2) is 18.6 Å². The predicted octanol–water partition coefficient (Wildman–Crippen LogP) is 4.46. The number of thiazole rings is 1. The van der Waals surface area contributed by atoms with Gasteiger partial charge < -0.3 is 15.2 Å². The molecular weight excluding hydrogens is 558 g/mol. The molecule has 204 valence electrons. The highest BCUT2D eigenvalue weighted by atomic mass is 35.5. The molecule has 1 aromatic heterocycles. The van der Waals surface area contributed by atoms with Gasteiger partial charge in [0.25, 0.3) is 0 Å². The van der Waals surface area contributed by atoms with Gasteiger partial charge in [0, 0.05) is 52.7 Å². The second-order valence-electron chi connectivity index (χ2n) is 8.79. The number of likely N-dealkylation sites (tertiary alicyclic amines) is 1. The Labute approximate surface area is 232 Å². The van der Waals surface area contributed by atoms with E-state index < -0.39 is 30.0 Å². The number of hydrogen-bond acceptors (Lipinski definition) is 9. The van der Waals surface area contributed by atoms with Crippen molar-refractivity contribution in [3.63, 3.8) is 0 Å². The molecule has 2 aliphatic rings. The molecule has 0 radical (unpaired) electrons. The lowest BCUT2D eigenvalue weighted by atomic mass is 9.94. The van der Waals surface area contributed by atoms with Gasteiger partial charge in [0.2, 0.25) is 0 Å². The molecule has 0 amide bonds. The second-order valence-corrected chi connectivity index (χ2v) is 11.1. The van der Waals surface area contributed by atoms with E-state index in [0.29, 0.717) is 40.7 Å². The van der Waals surface area contributed by atoms with Gasteiger partial charge in [0.15, 0.2) is 10.8 Å². The number of thioether (sulfide) groups is 1. The minimum atomic E-state index is -1.06. The summed E-state index contributed by atoms with van der Waals surface area (Å²) in [6.07, 6.45) is 1.50. The Morgan fingerprint density at radius 1 is 1.37 bits per heavy atom. The molecule has 0 bridgehead atoms. The molecule has 1 saturated heterocycles. The van der Waals surface area contributed by atoms with Crippen molar-refractivity contribution in [3.05, 3.63) is 62.5 Å². The number of rotatable bonds is 10. The van der Waals surface area contributed by atoms with Crippen LogP contribution in [0.1, 0.15) is 36.4 Å². The van der Waals surface area contributed by atoms with Crippen molar-refractivity contribution in [2.24, 2.45) is 4.99 Å². The Hall–Kier alpha value is -2.54. The number of esters is 1.